The second kappa shape index (κ2) is 14.2. The van der Waals surface area contributed by atoms with Gasteiger partial charge in [-0.15, -0.1) is 0 Å². The van der Waals surface area contributed by atoms with Gasteiger partial charge in [0.1, 0.15) is 0 Å². The van der Waals surface area contributed by atoms with Crippen LogP contribution in [-0.2, 0) is 4.84 Å². The Bertz CT molecular complexity index is 2130. The smallest absolute Gasteiger partial charge is 0.336 e. The molecule has 0 saturated heterocycles. The molecule has 0 radical (unpaired) electrons. The van der Waals surface area contributed by atoms with E-state index in [-0.39, 0.29) is 17.4 Å². The number of carboxylic acids is 1. The molecule has 0 heterocycles. The fraction of sp³-hybridized carbons (Fsp3) is 0.0750. The topological polar surface area (TPSA) is 128 Å². The number of aromatic carboxylic acids is 1. The maximum atomic E-state index is 13.0. The van der Waals surface area contributed by atoms with Crippen LogP contribution < -0.4 is 10.6 Å². The van der Waals surface area contributed by atoms with Crippen molar-refractivity contribution in [2.24, 2.45) is 0 Å². The molecule has 6 rings (SSSR count). The van der Waals surface area contributed by atoms with Crippen molar-refractivity contribution in [2.75, 3.05) is 24.8 Å². The third-order valence-corrected chi connectivity index (χ3v) is 8.32. The van der Waals surface area contributed by atoms with E-state index in [1.165, 1.54) is 13.2 Å². The van der Waals surface area contributed by atoms with E-state index in [2.05, 4.69) is 10.6 Å². The van der Waals surface area contributed by atoms with Crippen LogP contribution >= 0.6 is 0 Å². The average Bonchev–Trinajstić information content (AvgIpc) is 3.14. The summed E-state index contributed by atoms with van der Waals surface area (Å²) < 4.78 is 0. The van der Waals surface area contributed by atoms with Crippen molar-refractivity contribution in [3.8, 4) is 22.3 Å². The third-order valence-electron chi connectivity index (χ3n) is 8.32. The molecule has 244 valence electrons. The molecule has 0 fully saturated rings. The number of nitrogens with zero attached hydrogens (tertiary/aromatic N) is 1. The molecule has 2 amide bonds. The fourth-order valence-corrected chi connectivity index (χ4v) is 5.53. The molecule has 6 aromatic rings. The number of rotatable bonds is 10. The normalized spacial score (nSPS) is 11.5. The van der Waals surface area contributed by atoms with E-state index >= 15 is 0 Å². The molecule has 0 aliphatic rings. The maximum absolute atomic E-state index is 13.0. The minimum Gasteiger partial charge on any atom is -0.478 e. The van der Waals surface area contributed by atoms with Gasteiger partial charge in [-0.2, -0.15) is 0 Å². The number of carboxylic acid groups (broad SMARTS) is 1. The summed E-state index contributed by atoms with van der Waals surface area (Å²) in [6.07, 6.45) is -1.01. The molecule has 1 atom stereocenters. The molecule has 0 aliphatic heterocycles. The van der Waals surface area contributed by atoms with Gasteiger partial charge < -0.3 is 20.8 Å². The molecule has 1 unspecified atom stereocenters. The van der Waals surface area contributed by atoms with Crippen LogP contribution in [0, 0.1) is 0 Å². The molecule has 49 heavy (non-hydrogen) atoms. The molecule has 0 aromatic heterocycles. The van der Waals surface area contributed by atoms with Crippen molar-refractivity contribution in [1.82, 2.24) is 5.06 Å². The number of hydrogen-bond donors (Lipinski definition) is 4. The fourth-order valence-electron chi connectivity index (χ4n) is 5.53. The van der Waals surface area contributed by atoms with E-state index in [1.807, 2.05) is 84.9 Å². The highest BCUT2D eigenvalue weighted by molar-refractivity contribution is 6.08. The zero-order valence-electron chi connectivity index (χ0n) is 26.8. The summed E-state index contributed by atoms with van der Waals surface area (Å²) in [5.41, 5.74) is 6.84. The lowest BCUT2D eigenvalue weighted by Gasteiger charge is -2.17. The lowest BCUT2D eigenvalue weighted by Crippen LogP contribution is -2.25. The van der Waals surface area contributed by atoms with Gasteiger partial charge in [0.15, 0.2) is 6.23 Å². The summed E-state index contributed by atoms with van der Waals surface area (Å²) in [4.78, 5) is 41.8. The van der Waals surface area contributed by atoms with Crippen LogP contribution in [-0.4, -0.2) is 47.2 Å². The van der Waals surface area contributed by atoms with E-state index in [0.717, 1.165) is 27.3 Å². The molecule has 9 heteroatoms. The zero-order chi connectivity index (χ0) is 34.5. The Morgan fingerprint density at radius 1 is 0.653 bits per heavy atom. The van der Waals surface area contributed by atoms with E-state index in [1.54, 1.807) is 49.5 Å². The number of carbonyl (C=O) groups is 3. The average molecular weight is 652 g/mol. The highest BCUT2D eigenvalue weighted by Crippen LogP contribution is 2.30. The van der Waals surface area contributed by atoms with Gasteiger partial charge in [-0.1, -0.05) is 84.9 Å². The molecule has 0 bridgehead atoms. The second-order valence-electron chi connectivity index (χ2n) is 11.4. The summed E-state index contributed by atoms with van der Waals surface area (Å²) in [5.74, 6) is -1.49. The first-order valence-corrected chi connectivity index (χ1v) is 15.5. The largest absolute Gasteiger partial charge is 0.478 e. The van der Waals surface area contributed by atoms with Gasteiger partial charge in [-0.25, -0.2) is 9.86 Å². The summed E-state index contributed by atoms with van der Waals surface area (Å²) in [5, 5.41) is 28.9. The number of fused-ring (bicyclic) bond motifs is 1. The Morgan fingerprint density at radius 2 is 1.16 bits per heavy atom. The van der Waals surface area contributed by atoms with E-state index in [0.29, 0.717) is 38.8 Å². The maximum Gasteiger partial charge on any atom is 0.336 e. The first-order chi connectivity index (χ1) is 23.7. The Kier molecular flexibility index (Phi) is 9.48. The number of aliphatic hydroxyl groups is 1. The Labute approximate surface area is 283 Å². The SMILES string of the molecule is CON(C)C(=O)c1ccc(-c2ccc(C(=O)Nc3ccc(-c4ccc(C(O)Nc5ccc(C(=O)O)c6ccccc56)cc4)cc3)cc2)cc1. The second-order valence-corrected chi connectivity index (χ2v) is 11.4. The highest BCUT2D eigenvalue weighted by atomic mass is 16.7. The van der Waals surface area contributed by atoms with Gasteiger partial charge in [0.05, 0.1) is 12.7 Å². The van der Waals surface area contributed by atoms with Crippen molar-refractivity contribution in [2.45, 2.75) is 6.23 Å². The summed E-state index contributed by atoms with van der Waals surface area (Å²) >= 11 is 0. The monoisotopic (exact) mass is 651 g/mol. The van der Waals surface area contributed by atoms with Crippen LogP contribution in [0.2, 0.25) is 0 Å². The first kappa shape index (κ1) is 32.6. The quantitative estimate of drug-likeness (QED) is 0.0877. The van der Waals surface area contributed by atoms with Crippen molar-refractivity contribution in [3.63, 3.8) is 0 Å². The van der Waals surface area contributed by atoms with Crippen molar-refractivity contribution in [3.05, 3.63) is 156 Å². The van der Waals surface area contributed by atoms with E-state index in [4.69, 9.17) is 4.84 Å². The molecule has 0 spiro atoms. The lowest BCUT2D eigenvalue weighted by atomic mass is 10.0. The standard InChI is InChI=1S/C40H33N3O6/c1-43(49-2)39(46)31-17-11-27(12-18-31)25-7-13-29(14-8-25)37(44)41-32-21-19-28(20-22-32)26-9-15-30(16-10-26)38(45)42-36-24-23-35(40(47)48)33-5-3-4-6-34(33)36/h3-24,38,42,45H,1-2H3,(H,41,44)(H,47,48). The number of amides is 2. The Morgan fingerprint density at radius 3 is 1.71 bits per heavy atom. The third kappa shape index (κ3) is 7.18. The predicted molar refractivity (Wildman–Crippen MR) is 190 cm³/mol. The number of anilines is 2. The predicted octanol–water partition coefficient (Wildman–Crippen LogP) is 7.86. The van der Waals surface area contributed by atoms with Crippen LogP contribution in [0.25, 0.3) is 33.0 Å². The van der Waals surface area contributed by atoms with E-state index < -0.39 is 12.2 Å². The molecule has 9 nitrogen and oxygen atoms in total. The molecule has 6 aromatic carbocycles. The minimum absolute atomic E-state index is 0.200. The molecule has 0 saturated carbocycles. The van der Waals surface area contributed by atoms with Gasteiger partial charge in [-0.05, 0) is 76.2 Å². The zero-order valence-corrected chi connectivity index (χ0v) is 26.8. The van der Waals surface area contributed by atoms with Crippen LogP contribution in [0.4, 0.5) is 11.4 Å². The molecule has 0 aliphatic carbocycles. The van der Waals surface area contributed by atoms with Crippen molar-refractivity contribution in [1.29, 1.82) is 0 Å². The van der Waals surface area contributed by atoms with Gasteiger partial charge in [-0.3, -0.25) is 14.4 Å². The number of carbonyl (C=O) groups excluding carboxylic acids is 2. The Balaban J connectivity index is 1.07. The molecular formula is C40H33N3O6. The van der Waals surface area contributed by atoms with Crippen LogP contribution in [0.1, 0.15) is 42.9 Å². The highest BCUT2D eigenvalue weighted by Gasteiger charge is 2.15. The molecule has 4 N–H and O–H groups in total. The summed E-state index contributed by atoms with van der Waals surface area (Å²) in [6.45, 7) is 0. The number of benzene rings is 6. The van der Waals surface area contributed by atoms with Crippen molar-refractivity contribution < 1.29 is 29.4 Å². The van der Waals surface area contributed by atoms with Crippen LogP contribution in [0.15, 0.2) is 133 Å². The number of hydrogen-bond acceptors (Lipinski definition) is 6. The first-order valence-electron chi connectivity index (χ1n) is 15.5. The number of nitrogens with one attached hydrogen (secondary N) is 2. The van der Waals surface area contributed by atoms with Crippen LogP contribution in [0.5, 0.6) is 0 Å². The molecular weight excluding hydrogens is 618 g/mol. The van der Waals surface area contributed by atoms with E-state index in [9.17, 15) is 24.6 Å². The Hall–Kier alpha value is -6.29. The van der Waals surface area contributed by atoms with Gasteiger partial charge in [0.25, 0.3) is 11.8 Å². The lowest BCUT2D eigenvalue weighted by molar-refractivity contribution is -0.0756. The van der Waals surface area contributed by atoms with Gasteiger partial charge in [0, 0.05) is 40.5 Å². The summed E-state index contributed by atoms with van der Waals surface area (Å²) in [6, 6.07) is 39.8. The van der Waals surface area contributed by atoms with Crippen LogP contribution in [0.3, 0.4) is 0 Å². The van der Waals surface area contributed by atoms with Crippen molar-refractivity contribution >= 4 is 39.9 Å². The number of aliphatic hydroxyl groups excluding tert-OH is 1. The summed E-state index contributed by atoms with van der Waals surface area (Å²) in [7, 11) is 2.99. The van der Waals surface area contributed by atoms with Gasteiger partial charge >= 0.3 is 5.97 Å². The minimum atomic E-state index is -1.01. The van der Waals surface area contributed by atoms with Gasteiger partial charge in [0.2, 0.25) is 0 Å². The number of hydroxylamine groups is 2.